The van der Waals surface area contributed by atoms with Gasteiger partial charge in [-0.15, -0.1) is 6.58 Å². The number of aliphatic hydroxyl groups excluding tert-OH is 1. The molecule has 1 atom stereocenters. The molecule has 0 rings (SSSR count). The molecule has 4 heteroatoms. The normalized spacial score (nSPS) is 14.2. The van der Waals surface area contributed by atoms with E-state index in [0.29, 0.717) is 6.61 Å². The summed E-state index contributed by atoms with van der Waals surface area (Å²) < 4.78 is 4.84. The van der Waals surface area contributed by atoms with Crippen LogP contribution in [-0.2, 0) is 14.5 Å². The van der Waals surface area contributed by atoms with Gasteiger partial charge in [0.1, 0.15) is 6.61 Å². The predicted octanol–water partition coefficient (Wildman–Crippen LogP) is 1.25. The van der Waals surface area contributed by atoms with Crippen LogP contribution >= 0.6 is 0 Å². The molecule has 0 aromatic carbocycles. The second-order valence-corrected chi connectivity index (χ2v) is 3.56. The minimum atomic E-state index is -0.972. The van der Waals surface area contributed by atoms with Crippen molar-refractivity contribution in [1.29, 1.82) is 0 Å². The highest BCUT2D eigenvalue weighted by Crippen LogP contribution is 2.07. The van der Waals surface area contributed by atoms with Crippen molar-refractivity contribution >= 4 is 0 Å². The first-order valence-corrected chi connectivity index (χ1v) is 4.17. The Kier molecular flexibility index (Phi) is 5.90. The quantitative estimate of drug-likeness (QED) is 0.296. The van der Waals surface area contributed by atoms with Crippen LogP contribution in [0.15, 0.2) is 12.7 Å². The van der Waals surface area contributed by atoms with Crippen molar-refractivity contribution in [2.75, 3.05) is 13.2 Å². The topological polar surface area (TPSA) is 47.9 Å². The largest absolute Gasteiger partial charge is 0.366 e. The lowest BCUT2D eigenvalue weighted by atomic mass is 10.2. The van der Waals surface area contributed by atoms with Crippen LogP contribution in [0, 0.1) is 0 Å². The summed E-state index contributed by atoms with van der Waals surface area (Å²) in [6.07, 6.45) is 0.578. The van der Waals surface area contributed by atoms with E-state index in [1.807, 2.05) is 20.8 Å². The van der Waals surface area contributed by atoms with E-state index in [1.54, 1.807) is 6.08 Å². The molecule has 0 bridgehead atoms. The lowest BCUT2D eigenvalue weighted by molar-refractivity contribution is -0.368. The van der Waals surface area contributed by atoms with Crippen LogP contribution in [-0.4, -0.2) is 30.2 Å². The Hall–Kier alpha value is -0.420. The molecule has 78 valence electrons. The van der Waals surface area contributed by atoms with E-state index in [4.69, 9.17) is 19.6 Å². The van der Waals surface area contributed by atoms with E-state index >= 15 is 0 Å². The molecule has 4 nitrogen and oxygen atoms in total. The second-order valence-electron chi connectivity index (χ2n) is 3.56. The first-order chi connectivity index (χ1) is 5.95. The van der Waals surface area contributed by atoms with Crippen LogP contribution < -0.4 is 0 Å². The molecule has 0 fully saturated rings. The molecule has 0 saturated carbocycles. The van der Waals surface area contributed by atoms with Gasteiger partial charge in [0, 0.05) is 0 Å². The number of hydrogen-bond acceptors (Lipinski definition) is 4. The molecule has 0 heterocycles. The van der Waals surface area contributed by atoms with Gasteiger partial charge < -0.3 is 9.84 Å². The van der Waals surface area contributed by atoms with Gasteiger partial charge in [-0.1, -0.05) is 6.08 Å². The molecule has 0 saturated heterocycles. The fourth-order valence-electron chi connectivity index (χ4n) is 0.496. The molecule has 1 N–H and O–H groups in total. The molecule has 1 unspecified atom stereocenters. The van der Waals surface area contributed by atoms with Crippen molar-refractivity contribution in [3.63, 3.8) is 0 Å². The summed E-state index contributed by atoms with van der Waals surface area (Å²) in [5, 5.41) is 9.10. The molecule has 0 aromatic heterocycles. The van der Waals surface area contributed by atoms with Crippen LogP contribution in [0.5, 0.6) is 0 Å². The highest BCUT2D eigenvalue weighted by molar-refractivity contribution is 4.64. The molecule has 0 amide bonds. The Balaban J connectivity index is 3.36. The van der Waals surface area contributed by atoms with Gasteiger partial charge in [0.2, 0.25) is 0 Å². The minimum Gasteiger partial charge on any atom is -0.366 e. The summed E-state index contributed by atoms with van der Waals surface area (Å²) in [7, 11) is 0. The Morgan fingerprint density at radius 1 is 1.46 bits per heavy atom. The molecule has 0 aliphatic carbocycles. The Labute approximate surface area is 79.0 Å². The van der Waals surface area contributed by atoms with Gasteiger partial charge in [0.05, 0.1) is 12.2 Å². The van der Waals surface area contributed by atoms with Gasteiger partial charge in [-0.25, -0.2) is 9.78 Å². The number of aliphatic hydroxyl groups is 1. The van der Waals surface area contributed by atoms with E-state index in [0.717, 1.165) is 0 Å². The third-order valence-electron chi connectivity index (χ3n) is 0.926. The molecule has 0 spiro atoms. The van der Waals surface area contributed by atoms with Gasteiger partial charge in [0.25, 0.3) is 0 Å². The lowest BCUT2D eigenvalue weighted by Crippen LogP contribution is -2.25. The average molecular weight is 190 g/mol. The van der Waals surface area contributed by atoms with Crippen LogP contribution in [0.2, 0.25) is 0 Å². The third kappa shape index (κ3) is 9.49. The molecule has 13 heavy (non-hydrogen) atoms. The summed E-state index contributed by atoms with van der Waals surface area (Å²) in [4.78, 5) is 9.66. The van der Waals surface area contributed by atoms with Crippen molar-refractivity contribution < 1.29 is 19.6 Å². The first kappa shape index (κ1) is 12.6. The number of rotatable bonds is 6. The van der Waals surface area contributed by atoms with E-state index in [9.17, 15) is 0 Å². The molecular weight excluding hydrogens is 172 g/mol. The van der Waals surface area contributed by atoms with Crippen molar-refractivity contribution in [2.24, 2.45) is 0 Å². The smallest absolute Gasteiger partial charge is 0.181 e. The van der Waals surface area contributed by atoms with Crippen molar-refractivity contribution in [1.82, 2.24) is 0 Å². The molecule has 0 radical (unpaired) electrons. The van der Waals surface area contributed by atoms with Gasteiger partial charge in [-0.3, -0.25) is 0 Å². The van der Waals surface area contributed by atoms with Crippen LogP contribution in [0.4, 0.5) is 0 Å². The Morgan fingerprint density at radius 3 is 2.54 bits per heavy atom. The fourth-order valence-corrected chi connectivity index (χ4v) is 0.496. The van der Waals surface area contributed by atoms with E-state index in [2.05, 4.69) is 6.58 Å². The Bertz CT molecular complexity index is 139. The maximum Gasteiger partial charge on any atom is 0.181 e. The molecular formula is C9H18O4. The first-order valence-electron chi connectivity index (χ1n) is 4.17. The summed E-state index contributed by atoms with van der Waals surface area (Å²) in [5.74, 6) is 0. The highest BCUT2D eigenvalue weighted by Gasteiger charge is 2.12. The maximum atomic E-state index is 9.10. The highest BCUT2D eigenvalue weighted by atomic mass is 17.2. The fraction of sp³-hybridized carbons (Fsp3) is 0.778. The average Bonchev–Trinajstić information content (AvgIpc) is 1.98. The van der Waals surface area contributed by atoms with Gasteiger partial charge in [0.15, 0.2) is 6.29 Å². The van der Waals surface area contributed by atoms with Crippen molar-refractivity contribution in [3.8, 4) is 0 Å². The lowest BCUT2D eigenvalue weighted by Gasteiger charge is -2.18. The van der Waals surface area contributed by atoms with Crippen LogP contribution in [0.25, 0.3) is 0 Å². The third-order valence-corrected chi connectivity index (χ3v) is 0.926. The second kappa shape index (κ2) is 6.10. The van der Waals surface area contributed by atoms with Gasteiger partial charge in [-0.05, 0) is 20.8 Å². The zero-order valence-corrected chi connectivity index (χ0v) is 8.45. The zero-order valence-electron chi connectivity index (χ0n) is 8.45. The van der Waals surface area contributed by atoms with Crippen LogP contribution in [0.3, 0.4) is 0 Å². The summed E-state index contributed by atoms with van der Waals surface area (Å²) in [5.41, 5.74) is -0.377. The molecule has 0 aliphatic rings. The predicted molar refractivity (Wildman–Crippen MR) is 48.9 cm³/mol. The summed E-state index contributed by atoms with van der Waals surface area (Å²) in [6.45, 7) is 9.28. The molecule has 0 aromatic rings. The standard InChI is InChI=1S/C9H18O4/c1-5-6-11-8(10)7-12-13-9(2,3)4/h5,8,10H,1,6-7H2,2-4H3. The van der Waals surface area contributed by atoms with E-state index < -0.39 is 6.29 Å². The molecule has 0 aliphatic heterocycles. The van der Waals surface area contributed by atoms with Gasteiger partial charge in [-0.2, -0.15) is 0 Å². The number of ether oxygens (including phenoxy) is 1. The summed E-state index contributed by atoms with van der Waals surface area (Å²) in [6, 6.07) is 0. The van der Waals surface area contributed by atoms with E-state index in [-0.39, 0.29) is 12.2 Å². The van der Waals surface area contributed by atoms with Crippen molar-refractivity contribution in [2.45, 2.75) is 32.7 Å². The minimum absolute atomic E-state index is 0.00882. The SMILES string of the molecule is C=CCOC(O)COOC(C)(C)C. The maximum absolute atomic E-state index is 9.10. The van der Waals surface area contributed by atoms with Crippen LogP contribution in [0.1, 0.15) is 20.8 Å². The number of hydrogen-bond donors (Lipinski definition) is 1. The zero-order chi connectivity index (χ0) is 10.3. The monoisotopic (exact) mass is 190 g/mol. The van der Waals surface area contributed by atoms with Gasteiger partial charge >= 0.3 is 0 Å². The Morgan fingerprint density at radius 2 is 2.08 bits per heavy atom. The van der Waals surface area contributed by atoms with E-state index in [1.165, 1.54) is 0 Å². The summed E-state index contributed by atoms with van der Waals surface area (Å²) >= 11 is 0. The van der Waals surface area contributed by atoms with Crippen molar-refractivity contribution in [3.05, 3.63) is 12.7 Å².